The second-order valence-electron chi connectivity index (χ2n) is 11.4. The molecule has 4 heterocycles. The second kappa shape index (κ2) is 9.36. The Balaban J connectivity index is 1.11. The third-order valence-corrected chi connectivity index (χ3v) is 9.84. The molecule has 4 aromatic heterocycles. The Morgan fingerprint density at radius 3 is 1.80 bits per heavy atom. The average molecular weight is 595 g/mol. The number of thiophene rings is 1. The fourth-order valence-corrected chi connectivity index (χ4v) is 7.61. The number of rotatable bonds is 3. The molecule has 0 aliphatic heterocycles. The average Bonchev–Trinajstić information content (AvgIpc) is 3.79. The number of benzene rings is 6. The molecule has 0 fully saturated rings. The molecule has 0 N–H and O–H groups in total. The monoisotopic (exact) mass is 594 g/mol. The minimum atomic E-state index is 0.839. The molecule has 0 bridgehead atoms. The molecule has 45 heavy (non-hydrogen) atoms. The first kappa shape index (κ1) is 24.6. The lowest BCUT2D eigenvalue weighted by Crippen LogP contribution is -1.88. The van der Waals surface area contributed by atoms with Crippen molar-refractivity contribution in [3.8, 4) is 33.5 Å². The van der Waals surface area contributed by atoms with Crippen LogP contribution in [0.15, 0.2) is 142 Å². The summed E-state index contributed by atoms with van der Waals surface area (Å²) in [5.74, 6) is 0. The Hall–Kier alpha value is -5.78. The summed E-state index contributed by atoms with van der Waals surface area (Å²) >= 11 is 1.67. The van der Waals surface area contributed by atoms with Crippen LogP contribution < -0.4 is 0 Å². The van der Waals surface area contributed by atoms with Crippen LogP contribution >= 0.6 is 11.3 Å². The number of fused-ring (bicyclic) bond motifs is 9. The highest BCUT2D eigenvalue weighted by atomic mass is 32.1. The third-order valence-electron chi connectivity index (χ3n) is 8.77. The Bertz CT molecular complexity index is 2780. The fraction of sp³-hybridized carbons (Fsp3) is 0. The summed E-state index contributed by atoms with van der Waals surface area (Å²) < 4.78 is 13.9. The molecule has 10 aromatic rings. The van der Waals surface area contributed by atoms with Crippen LogP contribution in [0.1, 0.15) is 0 Å². The van der Waals surface area contributed by atoms with E-state index in [0.717, 1.165) is 97.8 Å². The molecule has 0 aliphatic carbocycles. The van der Waals surface area contributed by atoms with E-state index in [4.69, 9.17) is 18.8 Å². The van der Waals surface area contributed by atoms with E-state index in [1.807, 2.05) is 30.5 Å². The van der Waals surface area contributed by atoms with Gasteiger partial charge in [0.15, 0.2) is 0 Å². The maximum atomic E-state index is 6.36. The van der Waals surface area contributed by atoms with Gasteiger partial charge in [0, 0.05) is 48.3 Å². The van der Waals surface area contributed by atoms with Gasteiger partial charge in [0.2, 0.25) is 0 Å². The third kappa shape index (κ3) is 3.71. The number of furan rings is 2. The van der Waals surface area contributed by atoms with Crippen molar-refractivity contribution < 1.29 is 8.83 Å². The molecule has 0 saturated carbocycles. The molecule has 6 aromatic carbocycles. The van der Waals surface area contributed by atoms with Crippen molar-refractivity contribution in [2.24, 2.45) is 0 Å². The lowest BCUT2D eigenvalue weighted by molar-refractivity contribution is 0.669. The number of para-hydroxylation sites is 4. The second-order valence-corrected chi connectivity index (χ2v) is 12.4. The normalized spacial score (nSPS) is 12.0. The van der Waals surface area contributed by atoms with Crippen molar-refractivity contribution >= 4 is 75.6 Å². The van der Waals surface area contributed by atoms with Gasteiger partial charge in [0.1, 0.15) is 32.7 Å². The van der Waals surface area contributed by atoms with Crippen molar-refractivity contribution in [1.29, 1.82) is 0 Å². The van der Waals surface area contributed by atoms with Gasteiger partial charge < -0.3 is 8.83 Å². The molecule has 0 aliphatic rings. The first-order valence-corrected chi connectivity index (χ1v) is 15.7. The van der Waals surface area contributed by atoms with Crippen LogP contribution in [0.2, 0.25) is 0 Å². The Morgan fingerprint density at radius 2 is 1.09 bits per heavy atom. The molecule has 0 amide bonds. The van der Waals surface area contributed by atoms with E-state index in [2.05, 4.69) is 103 Å². The molecule has 0 saturated heterocycles. The highest BCUT2D eigenvalue weighted by molar-refractivity contribution is 7.25. The van der Waals surface area contributed by atoms with Gasteiger partial charge in [-0.25, -0.2) is 9.97 Å². The van der Waals surface area contributed by atoms with Gasteiger partial charge in [-0.05, 0) is 41.5 Å². The van der Waals surface area contributed by atoms with E-state index in [1.54, 1.807) is 11.3 Å². The molecule has 10 rings (SSSR count). The highest BCUT2D eigenvalue weighted by Crippen LogP contribution is 2.40. The smallest absolute Gasteiger partial charge is 0.143 e. The topological polar surface area (TPSA) is 52.1 Å². The van der Waals surface area contributed by atoms with E-state index in [9.17, 15) is 0 Å². The standard InChI is InChI=1S/C40H22N2O2S/c1-3-16-34-28(10-1)30-14-6-12-26(38(30)43-34)23-8-5-9-25(20-23)33-22-41-40-37(42-33)32-21-24(18-19-36(32)45-40)27-13-7-15-31-29-11-2-4-17-35(29)44-39(27)31/h1-22H. The fourth-order valence-electron chi connectivity index (χ4n) is 6.64. The summed E-state index contributed by atoms with van der Waals surface area (Å²) in [6, 6.07) is 44.2. The van der Waals surface area contributed by atoms with Gasteiger partial charge in [0.05, 0.1) is 11.9 Å². The van der Waals surface area contributed by atoms with E-state index in [-0.39, 0.29) is 0 Å². The van der Waals surface area contributed by atoms with Crippen LogP contribution in [0.5, 0.6) is 0 Å². The number of nitrogens with zero attached hydrogens (tertiary/aromatic N) is 2. The van der Waals surface area contributed by atoms with E-state index in [1.165, 1.54) is 0 Å². The van der Waals surface area contributed by atoms with Crippen LogP contribution in [-0.2, 0) is 0 Å². The molecule has 0 atom stereocenters. The number of hydrogen-bond acceptors (Lipinski definition) is 5. The number of hydrogen-bond donors (Lipinski definition) is 0. The van der Waals surface area contributed by atoms with Crippen LogP contribution in [0, 0.1) is 0 Å². The predicted octanol–water partition coefficient (Wildman–Crippen LogP) is 11.6. The van der Waals surface area contributed by atoms with Crippen LogP contribution in [0.25, 0.3) is 97.8 Å². The summed E-state index contributed by atoms with van der Waals surface area (Å²) in [6.45, 7) is 0. The SMILES string of the molecule is c1cc(-c2cnc3sc4ccc(-c5cccc6c5oc5ccccc56)cc4c3n2)cc(-c2cccc3c2oc2ccccc23)c1. The van der Waals surface area contributed by atoms with E-state index >= 15 is 0 Å². The van der Waals surface area contributed by atoms with Gasteiger partial charge in [-0.1, -0.05) is 97.1 Å². The minimum Gasteiger partial charge on any atom is -0.455 e. The first-order valence-electron chi connectivity index (χ1n) is 14.9. The summed E-state index contributed by atoms with van der Waals surface area (Å²) in [5, 5.41) is 5.60. The van der Waals surface area contributed by atoms with Crippen LogP contribution in [-0.4, -0.2) is 9.97 Å². The number of aromatic nitrogens is 2. The zero-order valence-corrected chi connectivity index (χ0v) is 24.6. The minimum absolute atomic E-state index is 0.839. The van der Waals surface area contributed by atoms with Crippen LogP contribution in [0.4, 0.5) is 0 Å². The summed E-state index contributed by atoms with van der Waals surface area (Å²) in [5.41, 5.74) is 10.7. The summed E-state index contributed by atoms with van der Waals surface area (Å²) in [7, 11) is 0. The van der Waals surface area contributed by atoms with Gasteiger partial charge in [-0.3, -0.25) is 0 Å². The maximum absolute atomic E-state index is 6.36. The zero-order valence-electron chi connectivity index (χ0n) is 23.8. The Labute approximate surface area is 260 Å². The van der Waals surface area contributed by atoms with E-state index in [0.29, 0.717) is 0 Å². The van der Waals surface area contributed by atoms with Crippen molar-refractivity contribution in [2.45, 2.75) is 0 Å². The molecule has 4 nitrogen and oxygen atoms in total. The first-order chi connectivity index (χ1) is 22.3. The lowest BCUT2D eigenvalue weighted by Gasteiger charge is -2.07. The zero-order chi connectivity index (χ0) is 29.5. The molecule has 0 unspecified atom stereocenters. The van der Waals surface area contributed by atoms with Crippen molar-refractivity contribution in [1.82, 2.24) is 9.97 Å². The molecular formula is C40H22N2O2S. The summed E-state index contributed by atoms with van der Waals surface area (Å²) in [4.78, 5) is 11.0. The molecule has 0 spiro atoms. The van der Waals surface area contributed by atoms with Gasteiger partial charge in [-0.2, -0.15) is 0 Å². The van der Waals surface area contributed by atoms with E-state index < -0.39 is 0 Å². The highest BCUT2D eigenvalue weighted by Gasteiger charge is 2.16. The van der Waals surface area contributed by atoms with Gasteiger partial charge >= 0.3 is 0 Å². The quantitative estimate of drug-likeness (QED) is 0.204. The predicted molar refractivity (Wildman–Crippen MR) is 186 cm³/mol. The molecular weight excluding hydrogens is 573 g/mol. The Kier molecular flexibility index (Phi) is 5.12. The summed E-state index contributed by atoms with van der Waals surface area (Å²) in [6.07, 6.45) is 1.88. The largest absolute Gasteiger partial charge is 0.455 e. The van der Waals surface area contributed by atoms with Gasteiger partial charge in [0.25, 0.3) is 0 Å². The maximum Gasteiger partial charge on any atom is 0.143 e. The molecule has 210 valence electrons. The molecule has 5 heteroatoms. The lowest BCUT2D eigenvalue weighted by atomic mass is 9.99. The van der Waals surface area contributed by atoms with Crippen molar-refractivity contribution in [3.63, 3.8) is 0 Å². The van der Waals surface area contributed by atoms with Gasteiger partial charge in [-0.15, -0.1) is 11.3 Å². The van der Waals surface area contributed by atoms with Crippen molar-refractivity contribution in [3.05, 3.63) is 134 Å². The van der Waals surface area contributed by atoms with Crippen LogP contribution in [0.3, 0.4) is 0 Å². The Morgan fingerprint density at radius 1 is 0.489 bits per heavy atom. The molecule has 0 radical (unpaired) electrons. The van der Waals surface area contributed by atoms with Crippen molar-refractivity contribution in [2.75, 3.05) is 0 Å².